The van der Waals surface area contributed by atoms with Crippen molar-refractivity contribution >= 4 is 46.0 Å². The van der Waals surface area contributed by atoms with Gasteiger partial charge in [0.1, 0.15) is 5.82 Å². The zero-order valence-corrected chi connectivity index (χ0v) is 16.4. The molecule has 142 valence electrons. The Hall–Kier alpha value is -2.99. The number of nitrogens with zero attached hydrogens (tertiary/aromatic N) is 3. The second-order valence-electron chi connectivity index (χ2n) is 7.04. The highest BCUT2D eigenvalue weighted by atomic mass is 35.5. The van der Waals surface area contributed by atoms with Crippen molar-refractivity contribution in [3.05, 3.63) is 47.4 Å². The number of halogens is 1. The molecule has 0 aliphatic heterocycles. The predicted molar refractivity (Wildman–Crippen MR) is 114 cm³/mol. The maximum Gasteiger partial charge on any atom is 0.229 e. The van der Waals surface area contributed by atoms with Crippen molar-refractivity contribution in [3.63, 3.8) is 0 Å². The summed E-state index contributed by atoms with van der Waals surface area (Å²) in [5.41, 5.74) is 9.51. The van der Waals surface area contributed by atoms with Gasteiger partial charge in [-0.1, -0.05) is 11.6 Å². The van der Waals surface area contributed by atoms with Crippen molar-refractivity contribution in [2.24, 2.45) is 16.8 Å². The largest absolute Gasteiger partial charge is 0.397 e. The van der Waals surface area contributed by atoms with Crippen LogP contribution in [0.3, 0.4) is 0 Å². The predicted octanol–water partition coefficient (Wildman–Crippen LogP) is 4.12. The van der Waals surface area contributed by atoms with E-state index < -0.39 is 0 Å². The average molecular weight is 394 g/mol. The van der Waals surface area contributed by atoms with Crippen LogP contribution in [0, 0.1) is 18.8 Å². The van der Waals surface area contributed by atoms with E-state index in [4.69, 9.17) is 17.3 Å². The summed E-state index contributed by atoms with van der Waals surface area (Å²) in [6.07, 6.45) is 7.80. The molecule has 1 saturated carbocycles. The summed E-state index contributed by atoms with van der Waals surface area (Å²) in [7, 11) is 1.72. The maximum absolute atomic E-state index is 12.4. The van der Waals surface area contributed by atoms with E-state index in [2.05, 4.69) is 20.3 Å². The molecule has 2 atom stereocenters. The number of pyridine rings is 2. The standard InChI is InChI=1S/C21H20ClN5O/c1-11-3-4-25-9-16(11)15-5-12-7-18(26-10-17(12)20(23)19(15)22)27-21(28)14-6-13(14)8-24-2/h3-5,7-10,13-14H,6,23H2,1-2H3,(H,26,27,28)/t13-,14+/m1/s1. The third kappa shape index (κ3) is 3.31. The topological polar surface area (TPSA) is 93.3 Å². The lowest BCUT2D eigenvalue weighted by atomic mass is 9.99. The van der Waals surface area contributed by atoms with Gasteiger partial charge in [-0.3, -0.25) is 9.78 Å². The van der Waals surface area contributed by atoms with Crippen molar-refractivity contribution < 1.29 is 4.79 Å². The van der Waals surface area contributed by atoms with Gasteiger partial charge in [0.25, 0.3) is 0 Å². The van der Waals surface area contributed by atoms with E-state index in [1.165, 1.54) is 0 Å². The van der Waals surface area contributed by atoms with Gasteiger partial charge >= 0.3 is 0 Å². The minimum absolute atomic E-state index is 0.0370. The van der Waals surface area contributed by atoms with Crippen LogP contribution in [0.25, 0.3) is 21.9 Å². The van der Waals surface area contributed by atoms with Crippen molar-refractivity contribution in [1.82, 2.24) is 9.97 Å². The number of rotatable bonds is 4. The van der Waals surface area contributed by atoms with E-state index in [1.54, 1.807) is 25.6 Å². The summed E-state index contributed by atoms with van der Waals surface area (Å²) in [5, 5.41) is 4.97. The van der Waals surface area contributed by atoms with E-state index in [0.29, 0.717) is 16.5 Å². The zero-order chi connectivity index (χ0) is 19.8. The number of anilines is 2. The number of nitrogen functional groups attached to an aromatic ring is 1. The second kappa shape index (κ2) is 7.20. The summed E-state index contributed by atoms with van der Waals surface area (Å²) < 4.78 is 0. The Morgan fingerprint density at radius 2 is 2.18 bits per heavy atom. The molecule has 0 radical (unpaired) electrons. The fraction of sp³-hybridized carbons (Fsp3) is 0.238. The number of carbonyl (C=O) groups is 1. The third-order valence-corrected chi connectivity index (χ3v) is 5.50. The smallest absolute Gasteiger partial charge is 0.229 e. The maximum atomic E-state index is 12.4. The van der Waals surface area contributed by atoms with Gasteiger partial charge in [-0.25, -0.2) is 4.98 Å². The minimum atomic E-state index is -0.0398. The number of aryl methyl sites for hydroxylation is 1. The molecule has 0 spiro atoms. The molecule has 0 unspecified atom stereocenters. The van der Waals surface area contributed by atoms with Gasteiger partial charge in [0, 0.05) is 60.2 Å². The van der Waals surface area contributed by atoms with Crippen LogP contribution in [0.2, 0.25) is 5.02 Å². The Bertz CT molecular complexity index is 1110. The summed E-state index contributed by atoms with van der Waals surface area (Å²) in [6, 6.07) is 5.70. The first-order valence-electron chi connectivity index (χ1n) is 9.01. The number of carbonyl (C=O) groups excluding carboxylic acids is 1. The number of nitrogens with two attached hydrogens (primary N) is 1. The number of aliphatic imine (C=N–C) groups is 1. The molecule has 2 heterocycles. The van der Waals surface area contributed by atoms with Crippen LogP contribution in [-0.4, -0.2) is 29.1 Å². The molecule has 4 rings (SSSR count). The molecule has 1 fully saturated rings. The van der Waals surface area contributed by atoms with Crippen molar-refractivity contribution in [2.45, 2.75) is 13.3 Å². The van der Waals surface area contributed by atoms with Gasteiger partial charge in [0.15, 0.2) is 0 Å². The molecular weight excluding hydrogens is 374 g/mol. The Balaban J connectivity index is 1.70. The number of hydrogen-bond donors (Lipinski definition) is 2. The van der Waals surface area contributed by atoms with E-state index in [1.807, 2.05) is 31.3 Å². The van der Waals surface area contributed by atoms with Crippen molar-refractivity contribution in [2.75, 3.05) is 18.1 Å². The average Bonchev–Trinajstić information content (AvgIpc) is 3.45. The van der Waals surface area contributed by atoms with Crippen LogP contribution in [-0.2, 0) is 4.79 Å². The molecule has 1 aliphatic carbocycles. The Morgan fingerprint density at radius 1 is 1.36 bits per heavy atom. The fourth-order valence-corrected chi connectivity index (χ4v) is 3.66. The Morgan fingerprint density at radius 3 is 2.93 bits per heavy atom. The molecule has 0 bridgehead atoms. The van der Waals surface area contributed by atoms with E-state index >= 15 is 0 Å². The van der Waals surface area contributed by atoms with Crippen LogP contribution in [0.1, 0.15) is 12.0 Å². The van der Waals surface area contributed by atoms with Crippen molar-refractivity contribution in [1.29, 1.82) is 0 Å². The first-order chi connectivity index (χ1) is 13.5. The number of fused-ring (bicyclic) bond motifs is 1. The van der Waals surface area contributed by atoms with Gasteiger partial charge in [-0.15, -0.1) is 0 Å². The van der Waals surface area contributed by atoms with Gasteiger partial charge in [-0.2, -0.15) is 0 Å². The lowest BCUT2D eigenvalue weighted by molar-refractivity contribution is -0.117. The van der Waals surface area contributed by atoms with Crippen LogP contribution < -0.4 is 11.1 Å². The fourth-order valence-electron chi connectivity index (χ4n) is 3.40. The Labute approximate surface area is 167 Å². The van der Waals surface area contributed by atoms with Gasteiger partial charge < -0.3 is 16.0 Å². The highest BCUT2D eigenvalue weighted by Gasteiger charge is 2.41. The first-order valence-corrected chi connectivity index (χ1v) is 9.39. The summed E-state index contributed by atoms with van der Waals surface area (Å²) in [5.74, 6) is 0.638. The van der Waals surface area contributed by atoms with Gasteiger partial charge in [0.2, 0.25) is 5.91 Å². The van der Waals surface area contributed by atoms with Crippen LogP contribution in [0.5, 0.6) is 0 Å². The van der Waals surface area contributed by atoms with Crippen LogP contribution in [0.4, 0.5) is 11.5 Å². The normalized spacial score (nSPS) is 18.5. The molecule has 6 nitrogen and oxygen atoms in total. The molecule has 3 aromatic rings. The van der Waals surface area contributed by atoms with E-state index in [0.717, 1.165) is 33.9 Å². The van der Waals surface area contributed by atoms with Crippen LogP contribution in [0.15, 0.2) is 41.8 Å². The molecule has 3 N–H and O–H groups in total. The molecule has 0 saturated heterocycles. The monoisotopic (exact) mass is 393 g/mol. The second-order valence-corrected chi connectivity index (χ2v) is 7.41. The molecule has 28 heavy (non-hydrogen) atoms. The van der Waals surface area contributed by atoms with E-state index in [9.17, 15) is 4.79 Å². The Kier molecular flexibility index (Phi) is 4.73. The lowest BCUT2D eigenvalue weighted by Gasteiger charge is -2.13. The molecule has 2 aromatic heterocycles. The van der Waals surface area contributed by atoms with Crippen LogP contribution >= 0.6 is 11.6 Å². The molecule has 7 heteroatoms. The highest BCUT2D eigenvalue weighted by Crippen LogP contribution is 2.40. The third-order valence-electron chi connectivity index (χ3n) is 5.10. The lowest BCUT2D eigenvalue weighted by Crippen LogP contribution is -2.16. The SMILES string of the molecule is CN=C[C@H]1C[C@@H]1C(=O)Nc1cc2cc(-c3cnccc3C)c(Cl)c(N)c2cn1. The zero-order valence-electron chi connectivity index (χ0n) is 15.6. The number of hydrogen-bond acceptors (Lipinski definition) is 5. The number of nitrogens with one attached hydrogen (secondary N) is 1. The molecule has 1 aliphatic rings. The first kappa shape index (κ1) is 18.4. The van der Waals surface area contributed by atoms with Crippen molar-refractivity contribution in [3.8, 4) is 11.1 Å². The minimum Gasteiger partial charge on any atom is -0.397 e. The summed E-state index contributed by atoms with van der Waals surface area (Å²) >= 11 is 6.54. The highest BCUT2D eigenvalue weighted by molar-refractivity contribution is 6.37. The molecular formula is C21H20ClN5O. The number of aromatic nitrogens is 2. The summed E-state index contributed by atoms with van der Waals surface area (Å²) in [4.78, 5) is 24.9. The molecule has 1 amide bonds. The van der Waals surface area contributed by atoms with Gasteiger partial charge in [0.05, 0.1) is 10.7 Å². The molecule has 1 aromatic carbocycles. The number of benzene rings is 1. The number of amides is 1. The van der Waals surface area contributed by atoms with E-state index in [-0.39, 0.29) is 17.7 Å². The van der Waals surface area contributed by atoms with Gasteiger partial charge in [-0.05, 0) is 42.5 Å². The quantitative estimate of drug-likeness (QED) is 0.515. The summed E-state index contributed by atoms with van der Waals surface area (Å²) in [6.45, 7) is 2.00.